The molecule has 1 N–H and O–H groups in total. The quantitative estimate of drug-likeness (QED) is 0.626. The van der Waals surface area contributed by atoms with E-state index in [1.165, 1.54) is 6.21 Å². The Labute approximate surface area is 141 Å². The first-order valence-electron chi connectivity index (χ1n) is 7.33. The molecule has 6 nitrogen and oxygen atoms in total. The van der Waals surface area contributed by atoms with Crippen LogP contribution in [-0.4, -0.2) is 33.5 Å². The van der Waals surface area contributed by atoms with Crippen molar-refractivity contribution in [2.24, 2.45) is 5.10 Å². The van der Waals surface area contributed by atoms with E-state index in [1.54, 1.807) is 33.5 Å². The van der Waals surface area contributed by atoms with Crippen LogP contribution in [0.3, 0.4) is 0 Å². The zero-order valence-electron chi connectivity index (χ0n) is 13.9. The Morgan fingerprint density at radius 1 is 1.00 bits per heavy atom. The van der Waals surface area contributed by atoms with Gasteiger partial charge in [0.05, 0.1) is 34.0 Å². The topological polar surface area (TPSA) is 69.2 Å². The predicted molar refractivity (Wildman–Crippen MR) is 92.0 cm³/mol. The highest BCUT2D eigenvalue weighted by Gasteiger charge is 2.10. The van der Waals surface area contributed by atoms with Crippen LogP contribution in [0.4, 0.5) is 0 Å². The van der Waals surface area contributed by atoms with Gasteiger partial charge in [-0.25, -0.2) is 5.43 Å². The summed E-state index contributed by atoms with van der Waals surface area (Å²) < 4.78 is 15.8. The summed E-state index contributed by atoms with van der Waals surface area (Å²) in [6, 6.07) is 12.9. The third-order valence-electron chi connectivity index (χ3n) is 3.34. The molecule has 6 heteroatoms. The molecule has 0 radical (unpaired) electrons. The van der Waals surface area contributed by atoms with Crippen molar-refractivity contribution in [2.45, 2.75) is 6.42 Å². The van der Waals surface area contributed by atoms with Crippen molar-refractivity contribution < 1.29 is 19.0 Å². The van der Waals surface area contributed by atoms with Crippen LogP contribution in [-0.2, 0) is 11.2 Å². The van der Waals surface area contributed by atoms with Crippen LogP contribution >= 0.6 is 0 Å². The predicted octanol–water partition coefficient (Wildman–Crippen LogP) is 2.41. The van der Waals surface area contributed by atoms with E-state index in [1.807, 2.05) is 30.3 Å². The van der Waals surface area contributed by atoms with Crippen molar-refractivity contribution in [2.75, 3.05) is 21.3 Å². The summed E-state index contributed by atoms with van der Waals surface area (Å²) in [6.07, 6.45) is 1.77. The van der Waals surface area contributed by atoms with E-state index in [4.69, 9.17) is 14.2 Å². The number of ether oxygens (including phenoxy) is 3. The first kappa shape index (κ1) is 17.3. The van der Waals surface area contributed by atoms with Crippen LogP contribution in [0.15, 0.2) is 47.6 Å². The summed E-state index contributed by atoms with van der Waals surface area (Å²) >= 11 is 0. The van der Waals surface area contributed by atoms with Gasteiger partial charge >= 0.3 is 0 Å². The van der Waals surface area contributed by atoms with E-state index in [0.29, 0.717) is 22.8 Å². The Morgan fingerprint density at radius 2 is 1.62 bits per heavy atom. The van der Waals surface area contributed by atoms with E-state index < -0.39 is 0 Å². The van der Waals surface area contributed by atoms with Gasteiger partial charge in [0.2, 0.25) is 5.91 Å². The fourth-order valence-electron chi connectivity index (χ4n) is 2.15. The van der Waals surface area contributed by atoms with Gasteiger partial charge in [-0.1, -0.05) is 30.3 Å². The van der Waals surface area contributed by atoms with Gasteiger partial charge in [-0.15, -0.1) is 0 Å². The molecule has 0 spiro atoms. The molecule has 0 bridgehead atoms. The molecule has 2 aromatic carbocycles. The summed E-state index contributed by atoms with van der Waals surface area (Å²) in [5.41, 5.74) is 4.09. The summed E-state index contributed by atoms with van der Waals surface area (Å²) in [5, 5.41) is 3.98. The first-order valence-corrected chi connectivity index (χ1v) is 7.33. The number of hydrogen-bond donors (Lipinski definition) is 1. The standard InChI is InChI=1S/C18H20N2O4/c1-22-15-11-17(24-3)16(23-2)10-14(15)12-19-20-18(21)9-13-7-5-4-6-8-13/h4-8,10-12H,9H2,1-3H3,(H,20,21). The lowest BCUT2D eigenvalue weighted by molar-refractivity contribution is -0.120. The summed E-state index contributed by atoms with van der Waals surface area (Å²) in [4.78, 5) is 11.9. The molecule has 126 valence electrons. The third-order valence-corrected chi connectivity index (χ3v) is 3.34. The number of amides is 1. The summed E-state index contributed by atoms with van der Waals surface area (Å²) in [5.74, 6) is 1.47. The van der Waals surface area contributed by atoms with Crippen LogP contribution < -0.4 is 19.6 Å². The van der Waals surface area contributed by atoms with Crippen LogP contribution in [0.25, 0.3) is 0 Å². The van der Waals surface area contributed by atoms with E-state index in [9.17, 15) is 4.79 Å². The molecule has 0 saturated carbocycles. The zero-order chi connectivity index (χ0) is 17.4. The molecule has 0 aliphatic heterocycles. The first-order chi connectivity index (χ1) is 11.7. The second kappa shape index (κ2) is 8.57. The molecule has 0 aliphatic rings. The monoisotopic (exact) mass is 328 g/mol. The number of carbonyl (C=O) groups is 1. The minimum atomic E-state index is -0.197. The van der Waals surface area contributed by atoms with E-state index in [0.717, 1.165) is 5.56 Å². The highest BCUT2D eigenvalue weighted by Crippen LogP contribution is 2.33. The number of nitrogens with zero attached hydrogens (tertiary/aromatic N) is 1. The number of hydrazone groups is 1. The van der Waals surface area contributed by atoms with Crippen molar-refractivity contribution in [3.8, 4) is 17.2 Å². The van der Waals surface area contributed by atoms with Gasteiger partial charge in [0.25, 0.3) is 0 Å². The Morgan fingerprint density at radius 3 is 2.25 bits per heavy atom. The minimum absolute atomic E-state index is 0.197. The van der Waals surface area contributed by atoms with Gasteiger partial charge in [0.1, 0.15) is 5.75 Å². The molecule has 0 aliphatic carbocycles. The number of benzene rings is 2. The van der Waals surface area contributed by atoms with E-state index >= 15 is 0 Å². The molecular formula is C18H20N2O4. The maximum atomic E-state index is 11.9. The molecule has 0 saturated heterocycles. The number of hydrogen-bond acceptors (Lipinski definition) is 5. The fraction of sp³-hybridized carbons (Fsp3) is 0.222. The van der Waals surface area contributed by atoms with Crippen molar-refractivity contribution in [1.82, 2.24) is 5.43 Å². The Hall–Kier alpha value is -3.02. The lowest BCUT2D eigenvalue weighted by Gasteiger charge is -2.11. The molecule has 0 unspecified atom stereocenters. The Bertz CT molecular complexity index is 714. The SMILES string of the molecule is COc1cc(OC)c(OC)cc1C=NNC(=O)Cc1ccccc1. The molecule has 0 aromatic heterocycles. The smallest absolute Gasteiger partial charge is 0.244 e. The van der Waals surface area contributed by atoms with Crippen molar-refractivity contribution in [1.29, 1.82) is 0 Å². The second-order valence-corrected chi connectivity index (χ2v) is 4.90. The largest absolute Gasteiger partial charge is 0.496 e. The van der Waals surface area contributed by atoms with E-state index in [-0.39, 0.29) is 12.3 Å². The van der Waals surface area contributed by atoms with E-state index in [2.05, 4.69) is 10.5 Å². The van der Waals surface area contributed by atoms with Gasteiger partial charge in [-0.3, -0.25) is 4.79 Å². The van der Waals surface area contributed by atoms with Gasteiger partial charge in [0, 0.05) is 11.6 Å². The molecule has 2 aromatic rings. The Kier molecular flexibility index (Phi) is 6.19. The van der Waals surface area contributed by atoms with Gasteiger partial charge in [-0.2, -0.15) is 5.10 Å². The minimum Gasteiger partial charge on any atom is -0.496 e. The highest BCUT2D eigenvalue weighted by atomic mass is 16.5. The molecule has 24 heavy (non-hydrogen) atoms. The third kappa shape index (κ3) is 4.49. The number of carbonyl (C=O) groups excluding carboxylic acids is 1. The molecule has 2 rings (SSSR count). The van der Waals surface area contributed by atoms with Crippen molar-refractivity contribution >= 4 is 12.1 Å². The summed E-state index contributed by atoms with van der Waals surface area (Å²) in [6.45, 7) is 0. The maximum Gasteiger partial charge on any atom is 0.244 e. The van der Waals surface area contributed by atoms with Crippen molar-refractivity contribution in [3.05, 3.63) is 53.6 Å². The summed E-state index contributed by atoms with van der Waals surface area (Å²) in [7, 11) is 4.65. The normalized spacial score (nSPS) is 10.5. The van der Waals surface area contributed by atoms with Gasteiger partial charge < -0.3 is 14.2 Å². The van der Waals surface area contributed by atoms with Crippen LogP contribution in [0, 0.1) is 0 Å². The van der Waals surface area contributed by atoms with Gasteiger partial charge in [0.15, 0.2) is 11.5 Å². The average molecular weight is 328 g/mol. The van der Waals surface area contributed by atoms with Gasteiger partial charge in [-0.05, 0) is 11.6 Å². The number of rotatable bonds is 7. The van der Waals surface area contributed by atoms with Crippen LogP contribution in [0.2, 0.25) is 0 Å². The lowest BCUT2D eigenvalue weighted by atomic mass is 10.1. The maximum absolute atomic E-state index is 11.9. The van der Waals surface area contributed by atoms with Crippen LogP contribution in [0.5, 0.6) is 17.2 Å². The lowest BCUT2D eigenvalue weighted by Crippen LogP contribution is -2.19. The highest BCUT2D eigenvalue weighted by molar-refractivity contribution is 5.87. The van der Waals surface area contributed by atoms with Crippen molar-refractivity contribution in [3.63, 3.8) is 0 Å². The number of nitrogens with one attached hydrogen (secondary N) is 1. The molecular weight excluding hydrogens is 308 g/mol. The fourth-order valence-corrected chi connectivity index (χ4v) is 2.15. The second-order valence-electron chi connectivity index (χ2n) is 4.90. The molecule has 0 atom stereocenters. The van der Waals surface area contributed by atoms with Crippen LogP contribution in [0.1, 0.15) is 11.1 Å². The zero-order valence-corrected chi connectivity index (χ0v) is 13.9. The Balaban J connectivity index is 2.06. The average Bonchev–Trinajstić information content (AvgIpc) is 2.62. The molecule has 1 amide bonds. The molecule has 0 fully saturated rings. The number of methoxy groups -OCH3 is 3. The molecule has 0 heterocycles.